The first-order valence-electron chi connectivity index (χ1n) is 5.03. The first-order chi connectivity index (χ1) is 7.11. The lowest BCUT2D eigenvalue weighted by atomic mass is 10.2. The molecule has 0 aromatic carbocycles. The summed E-state index contributed by atoms with van der Waals surface area (Å²) in [5, 5.41) is 0. The van der Waals surface area contributed by atoms with Crippen molar-refractivity contribution in [2.45, 2.75) is 25.8 Å². The van der Waals surface area contributed by atoms with E-state index in [0.717, 1.165) is 5.69 Å². The molecule has 1 aromatic rings. The van der Waals surface area contributed by atoms with E-state index in [1.54, 1.807) is 24.3 Å². The maximum Gasteiger partial charge on any atom is 0.226 e. The van der Waals surface area contributed by atoms with Gasteiger partial charge in [0.15, 0.2) is 0 Å². The van der Waals surface area contributed by atoms with Crippen LogP contribution in [0.3, 0.4) is 0 Å². The van der Waals surface area contributed by atoms with Crippen LogP contribution < -0.4 is 10.6 Å². The molecule has 0 aliphatic heterocycles. The lowest BCUT2D eigenvalue weighted by Gasteiger charge is -2.17. The predicted octanol–water partition coefficient (Wildman–Crippen LogP) is 2.02. The fraction of sp³-hybridized carbons (Fsp3) is 0.455. The fourth-order valence-electron chi connectivity index (χ4n) is 1.21. The van der Waals surface area contributed by atoms with Crippen molar-refractivity contribution in [1.29, 1.82) is 0 Å². The summed E-state index contributed by atoms with van der Waals surface area (Å²) < 4.78 is 0. The highest BCUT2D eigenvalue weighted by molar-refractivity contribution is 5.92. The van der Waals surface area contributed by atoms with E-state index in [4.69, 9.17) is 5.73 Å². The molecule has 0 radical (unpaired) electrons. The van der Waals surface area contributed by atoms with Crippen molar-refractivity contribution in [1.82, 2.24) is 4.98 Å². The number of carbonyl (C=O) groups excluding carboxylic acids is 1. The van der Waals surface area contributed by atoms with Crippen molar-refractivity contribution >= 4 is 36.4 Å². The quantitative estimate of drug-likeness (QED) is 0.917. The van der Waals surface area contributed by atoms with Crippen molar-refractivity contribution < 1.29 is 4.79 Å². The molecule has 0 aliphatic carbocycles. The van der Waals surface area contributed by atoms with Gasteiger partial charge in [0.25, 0.3) is 0 Å². The molecule has 0 spiro atoms. The number of carbonyl (C=O) groups is 1. The highest BCUT2D eigenvalue weighted by Gasteiger charge is 2.10. The summed E-state index contributed by atoms with van der Waals surface area (Å²) in [4.78, 5) is 17.3. The molecule has 1 amide bonds. The van der Waals surface area contributed by atoms with E-state index in [0.29, 0.717) is 12.8 Å². The average Bonchev–Trinajstić information content (AvgIpc) is 2.26. The molecule has 17 heavy (non-hydrogen) atoms. The molecule has 1 unspecified atom stereocenters. The lowest BCUT2D eigenvalue weighted by molar-refractivity contribution is -0.118. The minimum atomic E-state index is 0. The zero-order valence-electron chi connectivity index (χ0n) is 10.00. The molecule has 2 N–H and O–H groups in total. The van der Waals surface area contributed by atoms with Crippen LogP contribution in [0.4, 0.5) is 5.69 Å². The molecular weight excluding hydrogens is 261 g/mol. The van der Waals surface area contributed by atoms with Crippen molar-refractivity contribution in [2.24, 2.45) is 5.73 Å². The second-order valence-electron chi connectivity index (χ2n) is 3.68. The first-order valence-corrected chi connectivity index (χ1v) is 5.03. The molecule has 0 saturated heterocycles. The SMILES string of the molecule is CC(N)CCC(=O)N(C)c1cccnc1.Cl.Cl. The summed E-state index contributed by atoms with van der Waals surface area (Å²) in [6.07, 6.45) is 4.54. The number of amides is 1. The van der Waals surface area contributed by atoms with E-state index in [1.807, 2.05) is 19.1 Å². The molecule has 0 fully saturated rings. The highest BCUT2D eigenvalue weighted by atomic mass is 35.5. The first kappa shape index (κ1) is 18.5. The van der Waals surface area contributed by atoms with Gasteiger partial charge in [-0.25, -0.2) is 0 Å². The standard InChI is InChI=1S/C11H17N3O.2ClH/c1-9(12)5-6-11(15)14(2)10-4-3-7-13-8-10;;/h3-4,7-9H,5-6,12H2,1-2H3;2*1H. The van der Waals surface area contributed by atoms with E-state index < -0.39 is 0 Å². The van der Waals surface area contributed by atoms with Crippen molar-refractivity contribution in [3.8, 4) is 0 Å². The zero-order chi connectivity index (χ0) is 11.3. The maximum atomic E-state index is 11.7. The van der Waals surface area contributed by atoms with E-state index in [1.165, 1.54) is 0 Å². The van der Waals surface area contributed by atoms with Gasteiger partial charge in [0.1, 0.15) is 0 Å². The van der Waals surface area contributed by atoms with Crippen LogP contribution in [0.15, 0.2) is 24.5 Å². The third-order valence-electron chi connectivity index (χ3n) is 2.22. The lowest BCUT2D eigenvalue weighted by Crippen LogP contribution is -2.28. The molecule has 1 rings (SSSR count). The monoisotopic (exact) mass is 279 g/mol. The molecule has 1 aromatic heterocycles. The fourth-order valence-corrected chi connectivity index (χ4v) is 1.21. The van der Waals surface area contributed by atoms with Gasteiger partial charge in [-0.15, -0.1) is 24.8 Å². The molecule has 0 aliphatic rings. The summed E-state index contributed by atoms with van der Waals surface area (Å²) in [6.45, 7) is 1.90. The molecule has 98 valence electrons. The molecule has 0 bridgehead atoms. The minimum absolute atomic E-state index is 0. The van der Waals surface area contributed by atoms with Gasteiger partial charge in [0.2, 0.25) is 5.91 Å². The Morgan fingerprint density at radius 3 is 2.65 bits per heavy atom. The topological polar surface area (TPSA) is 59.2 Å². The Morgan fingerprint density at radius 1 is 1.53 bits per heavy atom. The smallest absolute Gasteiger partial charge is 0.226 e. The van der Waals surface area contributed by atoms with Crippen molar-refractivity contribution in [3.05, 3.63) is 24.5 Å². The summed E-state index contributed by atoms with van der Waals surface area (Å²) in [6, 6.07) is 3.73. The van der Waals surface area contributed by atoms with Crippen LogP contribution in [-0.4, -0.2) is 24.0 Å². The van der Waals surface area contributed by atoms with E-state index >= 15 is 0 Å². The van der Waals surface area contributed by atoms with Crippen LogP contribution in [0, 0.1) is 0 Å². The Bertz CT molecular complexity index is 320. The summed E-state index contributed by atoms with van der Waals surface area (Å²) in [5.74, 6) is 0.0697. The third-order valence-corrected chi connectivity index (χ3v) is 2.22. The minimum Gasteiger partial charge on any atom is -0.328 e. The number of aromatic nitrogens is 1. The molecule has 4 nitrogen and oxygen atoms in total. The zero-order valence-corrected chi connectivity index (χ0v) is 11.6. The second-order valence-corrected chi connectivity index (χ2v) is 3.68. The van der Waals surface area contributed by atoms with Crippen LogP contribution >= 0.6 is 24.8 Å². The largest absolute Gasteiger partial charge is 0.328 e. The van der Waals surface area contributed by atoms with Gasteiger partial charge in [-0.2, -0.15) is 0 Å². The van der Waals surface area contributed by atoms with Crippen LogP contribution in [0.25, 0.3) is 0 Å². The van der Waals surface area contributed by atoms with E-state index in [9.17, 15) is 4.79 Å². The van der Waals surface area contributed by atoms with Gasteiger partial charge in [-0.05, 0) is 25.5 Å². The summed E-state index contributed by atoms with van der Waals surface area (Å²) in [7, 11) is 1.75. The number of nitrogens with two attached hydrogens (primary N) is 1. The molecule has 6 heteroatoms. The van der Waals surface area contributed by atoms with Gasteiger partial charge in [-0.3, -0.25) is 9.78 Å². The van der Waals surface area contributed by atoms with E-state index in [-0.39, 0.29) is 36.8 Å². The molecular formula is C11H19Cl2N3O. The Labute approximate surface area is 114 Å². The average molecular weight is 280 g/mol. The Kier molecular flexibility index (Phi) is 10.0. The number of rotatable bonds is 4. The Hall–Kier alpha value is -0.840. The van der Waals surface area contributed by atoms with Crippen LogP contribution in [-0.2, 0) is 4.79 Å². The van der Waals surface area contributed by atoms with Gasteiger partial charge in [-0.1, -0.05) is 0 Å². The normalized spacial score (nSPS) is 10.8. The third kappa shape index (κ3) is 6.46. The van der Waals surface area contributed by atoms with Crippen LogP contribution in [0.1, 0.15) is 19.8 Å². The number of halogens is 2. The van der Waals surface area contributed by atoms with Crippen molar-refractivity contribution in [3.63, 3.8) is 0 Å². The van der Waals surface area contributed by atoms with Crippen molar-refractivity contribution in [2.75, 3.05) is 11.9 Å². The van der Waals surface area contributed by atoms with Gasteiger partial charge < -0.3 is 10.6 Å². The number of anilines is 1. The number of pyridine rings is 1. The maximum absolute atomic E-state index is 11.7. The highest BCUT2D eigenvalue weighted by Crippen LogP contribution is 2.11. The number of nitrogens with zero attached hydrogens (tertiary/aromatic N) is 2. The Balaban J connectivity index is 0. The van der Waals surface area contributed by atoms with E-state index in [2.05, 4.69) is 4.98 Å². The predicted molar refractivity (Wildman–Crippen MR) is 75.0 cm³/mol. The second kappa shape index (κ2) is 9.22. The Morgan fingerprint density at radius 2 is 2.18 bits per heavy atom. The van der Waals surface area contributed by atoms with Crippen LogP contribution in [0.5, 0.6) is 0 Å². The number of hydrogen-bond donors (Lipinski definition) is 1. The summed E-state index contributed by atoms with van der Waals surface area (Å²) in [5.41, 5.74) is 6.41. The van der Waals surface area contributed by atoms with Crippen LogP contribution in [0.2, 0.25) is 0 Å². The molecule has 1 atom stereocenters. The summed E-state index contributed by atoms with van der Waals surface area (Å²) >= 11 is 0. The van der Waals surface area contributed by atoms with Gasteiger partial charge in [0, 0.05) is 25.7 Å². The van der Waals surface area contributed by atoms with Gasteiger partial charge >= 0.3 is 0 Å². The molecule has 0 saturated carbocycles. The molecule has 1 heterocycles. The van der Waals surface area contributed by atoms with Gasteiger partial charge in [0.05, 0.1) is 11.9 Å². The number of hydrogen-bond acceptors (Lipinski definition) is 3.